The van der Waals surface area contributed by atoms with Crippen molar-refractivity contribution in [1.82, 2.24) is 0 Å². The maximum absolute atomic E-state index is 9.80. The molecule has 0 amide bonds. The molecule has 0 saturated carbocycles. The van der Waals surface area contributed by atoms with E-state index in [0.717, 1.165) is 0 Å². The molecule has 0 aliphatic rings. The van der Waals surface area contributed by atoms with Crippen LogP contribution in [0.2, 0.25) is 0 Å². The molecule has 0 rings (SSSR count). The Bertz CT molecular complexity index is 85.7. The Morgan fingerprint density at radius 1 is 1.50 bits per heavy atom. The number of rotatable bonds is 5. The molecule has 0 aromatic carbocycles. The van der Waals surface area contributed by atoms with E-state index in [9.17, 15) is 4.79 Å². The number of carboxylic acids is 1. The second-order valence-corrected chi connectivity index (χ2v) is 1.44. The first-order valence-corrected chi connectivity index (χ1v) is 2.56. The van der Waals surface area contributed by atoms with Crippen LogP contribution in [0.4, 0.5) is 0 Å². The Morgan fingerprint density at radius 2 is 2.10 bits per heavy atom. The molecule has 0 spiro atoms. The number of carbonyl (C=O) groups is 1. The summed E-state index contributed by atoms with van der Waals surface area (Å²) in [5.74, 6) is -0.953. The van der Waals surface area contributed by atoms with E-state index in [1.54, 1.807) is 0 Å². The largest absolute Gasteiger partial charge is 0.480 e. The van der Waals surface area contributed by atoms with Crippen LogP contribution in [-0.4, -0.2) is 38.0 Å². The van der Waals surface area contributed by atoms with Crippen LogP contribution in [0.1, 0.15) is 0 Å². The van der Waals surface area contributed by atoms with Crippen molar-refractivity contribution < 1.29 is 38.9 Å². The molecular formula is C5H10O4Zn. The summed E-state index contributed by atoms with van der Waals surface area (Å²) < 4.78 is 9.22. The van der Waals surface area contributed by atoms with Crippen LogP contribution in [0.25, 0.3) is 0 Å². The number of aliphatic carboxylic acids is 1. The second-order valence-electron chi connectivity index (χ2n) is 1.44. The van der Waals surface area contributed by atoms with Gasteiger partial charge in [-0.15, -0.1) is 0 Å². The van der Waals surface area contributed by atoms with Crippen LogP contribution in [0.5, 0.6) is 0 Å². The van der Waals surface area contributed by atoms with Gasteiger partial charge < -0.3 is 14.6 Å². The van der Waals surface area contributed by atoms with Crippen molar-refractivity contribution in [2.45, 2.75) is 0 Å². The monoisotopic (exact) mass is 198 g/mol. The molecule has 0 heterocycles. The number of hydrogen-bond donors (Lipinski definition) is 1. The van der Waals surface area contributed by atoms with Gasteiger partial charge in [0.1, 0.15) is 6.61 Å². The third-order valence-corrected chi connectivity index (χ3v) is 0.657. The van der Waals surface area contributed by atoms with E-state index in [1.165, 1.54) is 7.11 Å². The zero-order valence-electron chi connectivity index (χ0n) is 6.00. The zero-order chi connectivity index (χ0) is 7.11. The summed E-state index contributed by atoms with van der Waals surface area (Å²) in [6.07, 6.45) is 0. The van der Waals surface area contributed by atoms with E-state index in [-0.39, 0.29) is 26.1 Å². The molecule has 1 N–H and O–H groups in total. The first-order valence-electron chi connectivity index (χ1n) is 2.56. The maximum atomic E-state index is 9.80. The molecule has 0 aliphatic carbocycles. The van der Waals surface area contributed by atoms with Crippen molar-refractivity contribution in [3.63, 3.8) is 0 Å². The van der Waals surface area contributed by atoms with Gasteiger partial charge in [-0.2, -0.15) is 0 Å². The van der Waals surface area contributed by atoms with Crippen molar-refractivity contribution in [3.8, 4) is 0 Å². The van der Waals surface area contributed by atoms with Gasteiger partial charge in [0.25, 0.3) is 0 Å². The van der Waals surface area contributed by atoms with Crippen molar-refractivity contribution >= 4 is 5.97 Å². The summed E-state index contributed by atoms with van der Waals surface area (Å²) in [7, 11) is 1.53. The van der Waals surface area contributed by atoms with E-state index in [2.05, 4.69) is 9.47 Å². The predicted octanol–water partition coefficient (Wildman–Crippen LogP) is -0.268. The van der Waals surface area contributed by atoms with Crippen molar-refractivity contribution in [2.24, 2.45) is 0 Å². The van der Waals surface area contributed by atoms with E-state index in [0.29, 0.717) is 13.2 Å². The molecule has 4 nitrogen and oxygen atoms in total. The van der Waals surface area contributed by atoms with Gasteiger partial charge in [-0.3, -0.25) is 0 Å². The van der Waals surface area contributed by atoms with Gasteiger partial charge in [-0.1, -0.05) is 0 Å². The first kappa shape index (κ1) is 12.7. The van der Waals surface area contributed by atoms with Gasteiger partial charge in [0.05, 0.1) is 13.2 Å². The summed E-state index contributed by atoms with van der Waals surface area (Å²) >= 11 is 0. The molecule has 0 unspecified atom stereocenters. The normalized spacial score (nSPS) is 8.50. The smallest absolute Gasteiger partial charge is 0.329 e. The summed E-state index contributed by atoms with van der Waals surface area (Å²) in [6, 6.07) is 0. The zero-order valence-corrected chi connectivity index (χ0v) is 8.97. The van der Waals surface area contributed by atoms with Crippen LogP contribution >= 0.6 is 0 Å². The SMILES string of the molecule is COCCOCC(=O)O.[Zn]. The van der Waals surface area contributed by atoms with Gasteiger partial charge in [0, 0.05) is 26.6 Å². The molecule has 0 saturated heterocycles. The molecule has 0 aromatic rings. The van der Waals surface area contributed by atoms with E-state index in [4.69, 9.17) is 5.11 Å². The first-order chi connectivity index (χ1) is 4.27. The Hall–Kier alpha value is 0.0134. The van der Waals surface area contributed by atoms with E-state index in [1.807, 2.05) is 0 Å². The molecule has 0 atom stereocenters. The van der Waals surface area contributed by atoms with Gasteiger partial charge >= 0.3 is 5.97 Å². The van der Waals surface area contributed by atoms with Crippen molar-refractivity contribution in [2.75, 3.05) is 26.9 Å². The fourth-order valence-corrected chi connectivity index (χ4v) is 0.302. The quantitative estimate of drug-likeness (QED) is 0.489. The van der Waals surface area contributed by atoms with Gasteiger partial charge in [0.15, 0.2) is 0 Å². The summed E-state index contributed by atoms with van der Waals surface area (Å²) in [5, 5.41) is 8.05. The molecule has 0 bridgehead atoms. The Kier molecular flexibility index (Phi) is 11.4. The van der Waals surface area contributed by atoms with E-state index < -0.39 is 5.97 Å². The van der Waals surface area contributed by atoms with Gasteiger partial charge in [0.2, 0.25) is 0 Å². The molecule has 0 aliphatic heterocycles. The third-order valence-electron chi connectivity index (χ3n) is 0.657. The van der Waals surface area contributed by atoms with Crippen molar-refractivity contribution in [3.05, 3.63) is 0 Å². The topological polar surface area (TPSA) is 55.8 Å². The molecule has 56 valence electrons. The Morgan fingerprint density at radius 3 is 2.50 bits per heavy atom. The Balaban J connectivity index is 0. The summed E-state index contributed by atoms with van der Waals surface area (Å²) in [5.41, 5.74) is 0. The summed E-state index contributed by atoms with van der Waals surface area (Å²) in [4.78, 5) is 9.80. The maximum Gasteiger partial charge on any atom is 0.329 e. The number of hydrogen-bond acceptors (Lipinski definition) is 3. The minimum atomic E-state index is -0.953. The van der Waals surface area contributed by atoms with Gasteiger partial charge in [-0.05, 0) is 0 Å². The molecule has 0 aromatic heterocycles. The standard InChI is InChI=1S/C5H10O4.Zn/c1-8-2-3-9-4-5(6)7;/h2-4H2,1H3,(H,6,7);. The second kappa shape index (κ2) is 9.01. The fourth-order valence-electron chi connectivity index (χ4n) is 0.302. The Labute approximate surface area is 72.3 Å². The van der Waals surface area contributed by atoms with Crippen molar-refractivity contribution in [1.29, 1.82) is 0 Å². The number of ether oxygens (including phenoxy) is 2. The minimum Gasteiger partial charge on any atom is -0.480 e. The minimum absolute atomic E-state index is 0. The van der Waals surface area contributed by atoms with Crippen LogP contribution in [-0.2, 0) is 33.7 Å². The van der Waals surface area contributed by atoms with Crippen LogP contribution in [0, 0.1) is 0 Å². The van der Waals surface area contributed by atoms with Crippen LogP contribution in [0.15, 0.2) is 0 Å². The molecule has 0 fully saturated rings. The molecule has 0 radical (unpaired) electrons. The number of methoxy groups -OCH3 is 1. The third kappa shape index (κ3) is 10.9. The molecule has 5 heteroatoms. The van der Waals surface area contributed by atoms with Crippen LogP contribution < -0.4 is 0 Å². The molecular weight excluding hydrogens is 189 g/mol. The van der Waals surface area contributed by atoms with Crippen LogP contribution in [0.3, 0.4) is 0 Å². The summed E-state index contributed by atoms with van der Waals surface area (Å²) in [6.45, 7) is 0.527. The average molecular weight is 200 g/mol. The van der Waals surface area contributed by atoms with E-state index >= 15 is 0 Å². The van der Waals surface area contributed by atoms with Gasteiger partial charge in [-0.25, -0.2) is 4.79 Å². The molecule has 10 heavy (non-hydrogen) atoms. The average Bonchev–Trinajstić information content (AvgIpc) is 1.80. The fraction of sp³-hybridized carbons (Fsp3) is 0.800. The number of carboxylic acid groups (broad SMARTS) is 1. The predicted molar refractivity (Wildman–Crippen MR) is 30.3 cm³/mol.